The Hall–Kier alpha value is -2.21. The molecule has 3 aromatic rings. The third-order valence-corrected chi connectivity index (χ3v) is 4.12. The van der Waals surface area contributed by atoms with Gasteiger partial charge in [0.15, 0.2) is 5.82 Å². The first-order valence-corrected chi connectivity index (χ1v) is 8.66. The van der Waals surface area contributed by atoms with Crippen molar-refractivity contribution < 1.29 is 4.74 Å². The highest BCUT2D eigenvalue weighted by Gasteiger charge is 2.13. The van der Waals surface area contributed by atoms with Crippen molar-refractivity contribution in [1.29, 1.82) is 0 Å². The number of ether oxygens (including phenoxy) is 1. The Morgan fingerprint density at radius 2 is 2.00 bits per heavy atom. The SMILES string of the molecule is CCOc1ccc2nc(C)nc(N[C@H](C)c3cccc(Br)c3)c2n1. The molecule has 1 N–H and O–H groups in total. The summed E-state index contributed by atoms with van der Waals surface area (Å²) >= 11 is 3.51. The molecule has 1 aromatic carbocycles. The van der Waals surface area contributed by atoms with Gasteiger partial charge in [-0.15, -0.1) is 0 Å². The number of nitrogens with zero attached hydrogens (tertiary/aromatic N) is 3. The van der Waals surface area contributed by atoms with E-state index in [2.05, 4.69) is 55.3 Å². The number of fused-ring (bicyclic) bond motifs is 1. The second-order valence-corrected chi connectivity index (χ2v) is 6.41. The number of nitrogens with one attached hydrogen (secondary N) is 1. The van der Waals surface area contributed by atoms with Crippen LogP contribution in [0.2, 0.25) is 0 Å². The lowest BCUT2D eigenvalue weighted by molar-refractivity contribution is 0.328. The minimum absolute atomic E-state index is 0.0811. The third-order valence-electron chi connectivity index (χ3n) is 3.62. The summed E-state index contributed by atoms with van der Waals surface area (Å²) < 4.78 is 6.55. The van der Waals surface area contributed by atoms with Gasteiger partial charge in [-0.2, -0.15) is 0 Å². The fourth-order valence-corrected chi connectivity index (χ4v) is 2.92. The van der Waals surface area contributed by atoms with E-state index in [1.807, 2.05) is 38.1 Å². The zero-order chi connectivity index (χ0) is 17.1. The second kappa shape index (κ2) is 7.13. The van der Waals surface area contributed by atoms with Crippen LogP contribution in [-0.2, 0) is 0 Å². The number of hydrogen-bond acceptors (Lipinski definition) is 5. The number of halogens is 1. The maximum absolute atomic E-state index is 5.50. The fourth-order valence-electron chi connectivity index (χ4n) is 2.51. The molecule has 0 saturated heterocycles. The molecule has 2 heterocycles. The minimum atomic E-state index is 0.0811. The van der Waals surface area contributed by atoms with E-state index in [-0.39, 0.29) is 6.04 Å². The normalized spacial score (nSPS) is 12.2. The van der Waals surface area contributed by atoms with Crippen LogP contribution < -0.4 is 10.1 Å². The first-order chi connectivity index (χ1) is 11.6. The third kappa shape index (κ3) is 3.64. The number of hydrogen-bond donors (Lipinski definition) is 1. The lowest BCUT2D eigenvalue weighted by atomic mass is 10.1. The van der Waals surface area contributed by atoms with Crippen molar-refractivity contribution in [3.8, 4) is 5.88 Å². The number of aryl methyl sites for hydroxylation is 1. The van der Waals surface area contributed by atoms with E-state index in [0.717, 1.165) is 15.6 Å². The predicted molar refractivity (Wildman–Crippen MR) is 99.4 cm³/mol. The summed E-state index contributed by atoms with van der Waals surface area (Å²) in [5.41, 5.74) is 2.68. The number of aromatic nitrogens is 3. The Bertz CT molecular complexity index is 869. The van der Waals surface area contributed by atoms with Crippen LogP contribution in [0.5, 0.6) is 5.88 Å². The van der Waals surface area contributed by atoms with E-state index in [0.29, 0.717) is 29.6 Å². The molecule has 5 nitrogen and oxygen atoms in total. The van der Waals surface area contributed by atoms with Gasteiger partial charge in [0.25, 0.3) is 0 Å². The van der Waals surface area contributed by atoms with Gasteiger partial charge >= 0.3 is 0 Å². The minimum Gasteiger partial charge on any atom is -0.478 e. The first kappa shape index (κ1) is 16.6. The van der Waals surface area contributed by atoms with Crippen LogP contribution in [0, 0.1) is 6.92 Å². The van der Waals surface area contributed by atoms with Gasteiger partial charge in [0.2, 0.25) is 5.88 Å². The molecule has 0 fully saturated rings. The van der Waals surface area contributed by atoms with Crippen LogP contribution in [0.3, 0.4) is 0 Å². The molecule has 0 unspecified atom stereocenters. The van der Waals surface area contributed by atoms with E-state index in [1.165, 1.54) is 0 Å². The van der Waals surface area contributed by atoms with Crippen molar-refractivity contribution in [2.45, 2.75) is 26.8 Å². The summed E-state index contributed by atoms with van der Waals surface area (Å²) in [4.78, 5) is 13.5. The fraction of sp³-hybridized carbons (Fsp3) is 0.278. The van der Waals surface area contributed by atoms with Gasteiger partial charge in [-0.3, -0.25) is 0 Å². The van der Waals surface area contributed by atoms with Crippen molar-refractivity contribution in [3.63, 3.8) is 0 Å². The van der Waals surface area contributed by atoms with Gasteiger partial charge in [0, 0.05) is 10.5 Å². The van der Waals surface area contributed by atoms with Crippen molar-refractivity contribution >= 4 is 32.8 Å². The quantitative estimate of drug-likeness (QED) is 0.690. The van der Waals surface area contributed by atoms with E-state index >= 15 is 0 Å². The molecular weight excluding hydrogens is 368 g/mol. The molecule has 0 aliphatic carbocycles. The summed E-state index contributed by atoms with van der Waals surface area (Å²) in [7, 11) is 0. The summed E-state index contributed by atoms with van der Waals surface area (Å²) in [6.07, 6.45) is 0. The lowest BCUT2D eigenvalue weighted by Gasteiger charge is -2.17. The van der Waals surface area contributed by atoms with Crippen molar-refractivity contribution in [2.75, 3.05) is 11.9 Å². The average molecular weight is 387 g/mol. The molecule has 3 rings (SSSR count). The van der Waals surface area contributed by atoms with Gasteiger partial charge in [-0.05, 0) is 44.5 Å². The van der Waals surface area contributed by atoms with Crippen LogP contribution in [0.15, 0.2) is 40.9 Å². The van der Waals surface area contributed by atoms with Crippen LogP contribution in [0.1, 0.15) is 31.3 Å². The number of pyridine rings is 1. The molecule has 0 radical (unpaired) electrons. The average Bonchev–Trinajstić information content (AvgIpc) is 2.55. The number of benzene rings is 1. The maximum atomic E-state index is 5.50. The lowest BCUT2D eigenvalue weighted by Crippen LogP contribution is -2.10. The molecule has 0 aliphatic heterocycles. The zero-order valence-corrected chi connectivity index (χ0v) is 15.5. The van der Waals surface area contributed by atoms with Gasteiger partial charge < -0.3 is 10.1 Å². The first-order valence-electron chi connectivity index (χ1n) is 7.87. The largest absolute Gasteiger partial charge is 0.478 e. The molecule has 0 amide bonds. The maximum Gasteiger partial charge on any atom is 0.214 e. The predicted octanol–water partition coefficient (Wildman–Crippen LogP) is 4.67. The van der Waals surface area contributed by atoms with Gasteiger partial charge in [-0.1, -0.05) is 28.1 Å². The Morgan fingerprint density at radius 1 is 1.17 bits per heavy atom. The Kier molecular flexibility index (Phi) is 4.94. The Balaban J connectivity index is 1.99. The zero-order valence-electron chi connectivity index (χ0n) is 13.9. The summed E-state index contributed by atoms with van der Waals surface area (Å²) in [6.45, 7) is 6.48. The van der Waals surface area contributed by atoms with Crippen molar-refractivity contribution in [2.24, 2.45) is 0 Å². The van der Waals surface area contributed by atoms with Crippen LogP contribution in [0.25, 0.3) is 11.0 Å². The van der Waals surface area contributed by atoms with E-state index in [9.17, 15) is 0 Å². The highest BCUT2D eigenvalue weighted by molar-refractivity contribution is 9.10. The molecule has 0 bridgehead atoms. The van der Waals surface area contributed by atoms with Gasteiger partial charge in [0.1, 0.15) is 11.3 Å². The van der Waals surface area contributed by atoms with E-state index in [4.69, 9.17) is 4.74 Å². The van der Waals surface area contributed by atoms with Crippen LogP contribution >= 0.6 is 15.9 Å². The molecular formula is C18H19BrN4O. The highest BCUT2D eigenvalue weighted by atomic mass is 79.9. The highest BCUT2D eigenvalue weighted by Crippen LogP contribution is 2.26. The Morgan fingerprint density at radius 3 is 2.75 bits per heavy atom. The van der Waals surface area contributed by atoms with E-state index < -0.39 is 0 Å². The van der Waals surface area contributed by atoms with Crippen LogP contribution in [0.4, 0.5) is 5.82 Å². The Labute approximate surface area is 149 Å². The summed E-state index contributed by atoms with van der Waals surface area (Å²) in [5, 5.41) is 3.45. The van der Waals surface area contributed by atoms with Gasteiger partial charge in [0.05, 0.1) is 18.2 Å². The van der Waals surface area contributed by atoms with Crippen molar-refractivity contribution in [1.82, 2.24) is 15.0 Å². The molecule has 124 valence electrons. The monoisotopic (exact) mass is 386 g/mol. The van der Waals surface area contributed by atoms with Gasteiger partial charge in [-0.25, -0.2) is 15.0 Å². The number of rotatable bonds is 5. The van der Waals surface area contributed by atoms with Crippen LogP contribution in [-0.4, -0.2) is 21.6 Å². The molecule has 0 spiro atoms. The summed E-state index contributed by atoms with van der Waals surface area (Å²) in [5.74, 6) is 2.00. The van der Waals surface area contributed by atoms with Crippen molar-refractivity contribution in [3.05, 3.63) is 52.3 Å². The molecule has 0 aliphatic rings. The second-order valence-electron chi connectivity index (χ2n) is 5.49. The smallest absolute Gasteiger partial charge is 0.214 e. The molecule has 2 aromatic heterocycles. The van der Waals surface area contributed by atoms with E-state index in [1.54, 1.807) is 0 Å². The molecule has 6 heteroatoms. The molecule has 0 saturated carbocycles. The summed E-state index contributed by atoms with van der Waals surface area (Å²) in [6, 6.07) is 12.0. The standard InChI is InChI=1S/C18H19BrN4O/c1-4-24-16-9-8-15-17(23-16)18(22-12(3)21-15)20-11(2)13-6-5-7-14(19)10-13/h5-11H,4H2,1-3H3,(H,20,21,22)/t11-/m1/s1. The molecule has 24 heavy (non-hydrogen) atoms. The topological polar surface area (TPSA) is 59.9 Å². The molecule has 1 atom stereocenters. The number of anilines is 1.